The quantitative estimate of drug-likeness (QED) is 0.645. The largest absolute Gasteiger partial charge is 0.495 e. The van der Waals surface area contributed by atoms with Gasteiger partial charge in [0.2, 0.25) is 5.91 Å². The van der Waals surface area contributed by atoms with Crippen LogP contribution in [-0.2, 0) is 11.3 Å². The molecule has 2 amide bonds. The van der Waals surface area contributed by atoms with E-state index in [2.05, 4.69) is 20.9 Å². The molecule has 150 valence electrons. The Kier molecular flexibility index (Phi) is 6.13. The lowest BCUT2D eigenvalue weighted by molar-refractivity contribution is -0.117. The van der Waals surface area contributed by atoms with Crippen LogP contribution in [0.1, 0.15) is 21.7 Å². The van der Waals surface area contributed by atoms with Gasteiger partial charge < -0.3 is 15.4 Å². The zero-order chi connectivity index (χ0) is 21.0. The molecule has 0 saturated carbocycles. The predicted octanol–water partition coefficient (Wildman–Crippen LogP) is 3.45. The number of carbonyl (C=O) groups is 2. The van der Waals surface area contributed by atoms with E-state index in [4.69, 9.17) is 16.3 Å². The van der Waals surface area contributed by atoms with Gasteiger partial charge in [0.05, 0.1) is 18.5 Å². The van der Waals surface area contributed by atoms with Crippen molar-refractivity contribution in [1.29, 1.82) is 0 Å². The van der Waals surface area contributed by atoms with Gasteiger partial charge in [0.25, 0.3) is 5.91 Å². The van der Waals surface area contributed by atoms with Crippen molar-refractivity contribution >= 4 is 34.8 Å². The van der Waals surface area contributed by atoms with Crippen LogP contribution in [0.15, 0.2) is 42.5 Å². The Labute approximate surface area is 172 Å². The first-order chi connectivity index (χ1) is 13.9. The van der Waals surface area contributed by atoms with Crippen molar-refractivity contribution in [3.8, 4) is 5.75 Å². The highest BCUT2D eigenvalue weighted by Gasteiger charge is 2.19. The van der Waals surface area contributed by atoms with E-state index in [0.29, 0.717) is 27.8 Å². The normalized spacial score (nSPS) is 10.5. The standard InChI is InChI=1S/C20H20ClN5O3/c1-12-14(21)7-6-9-15(12)22-18(27)11-26-13(2)19(24-25-26)20(28)23-16-8-4-5-10-17(16)29-3/h4-10H,11H2,1-3H3,(H,22,27)(H,23,28). The molecule has 0 aliphatic rings. The summed E-state index contributed by atoms with van der Waals surface area (Å²) < 4.78 is 6.59. The Morgan fingerprint density at radius 3 is 2.55 bits per heavy atom. The van der Waals surface area contributed by atoms with Crippen LogP contribution < -0.4 is 15.4 Å². The Hall–Kier alpha value is -3.39. The van der Waals surface area contributed by atoms with Crippen molar-refractivity contribution in [1.82, 2.24) is 15.0 Å². The van der Waals surface area contributed by atoms with Crippen molar-refractivity contribution in [3.63, 3.8) is 0 Å². The molecule has 0 radical (unpaired) electrons. The van der Waals surface area contributed by atoms with Crippen LogP contribution in [0.25, 0.3) is 0 Å². The summed E-state index contributed by atoms with van der Waals surface area (Å²) in [6.45, 7) is 3.40. The molecular formula is C20H20ClN5O3. The molecule has 0 fully saturated rings. The van der Waals surface area contributed by atoms with Crippen LogP contribution in [0.2, 0.25) is 5.02 Å². The fourth-order valence-electron chi connectivity index (χ4n) is 2.72. The molecule has 0 atom stereocenters. The maximum atomic E-state index is 12.6. The second kappa shape index (κ2) is 8.74. The molecule has 0 bridgehead atoms. The Bertz CT molecular complexity index is 1060. The number of ether oxygens (including phenoxy) is 1. The van der Waals surface area contributed by atoms with Gasteiger partial charge >= 0.3 is 0 Å². The van der Waals surface area contributed by atoms with E-state index in [1.54, 1.807) is 49.4 Å². The lowest BCUT2D eigenvalue weighted by Gasteiger charge is -2.10. The smallest absolute Gasteiger partial charge is 0.278 e. The first-order valence-corrected chi connectivity index (χ1v) is 9.18. The maximum Gasteiger partial charge on any atom is 0.278 e. The zero-order valence-corrected chi connectivity index (χ0v) is 16.9. The lowest BCUT2D eigenvalue weighted by Crippen LogP contribution is -2.21. The number of hydrogen-bond donors (Lipinski definition) is 2. The number of anilines is 2. The number of aromatic nitrogens is 3. The topological polar surface area (TPSA) is 98.1 Å². The number of carbonyl (C=O) groups excluding carboxylic acids is 2. The van der Waals surface area contributed by atoms with Gasteiger partial charge in [-0.2, -0.15) is 0 Å². The highest BCUT2D eigenvalue weighted by atomic mass is 35.5. The number of hydrogen-bond acceptors (Lipinski definition) is 5. The molecule has 0 aliphatic carbocycles. The number of benzene rings is 2. The Balaban J connectivity index is 1.71. The van der Waals surface area contributed by atoms with E-state index >= 15 is 0 Å². The first-order valence-electron chi connectivity index (χ1n) is 8.80. The molecule has 2 aromatic carbocycles. The fraction of sp³-hybridized carbons (Fsp3) is 0.200. The Morgan fingerprint density at radius 2 is 1.79 bits per heavy atom. The number of halogens is 1. The third kappa shape index (κ3) is 4.55. The summed E-state index contributed by atoms with van der Waals surface area (Å²) in [7, 11) is 1.52. The van der Waals surface area contributed by atoms with E-state index in [-0.39, 0.29) is 18.1 Å². The number of amides is 2. The van der Waals surface area contributed by atoms with Crippen LogP contribution in [0.3, 0.4) is 0 Å². The van der Waals surface area contributed by atoms with Gasteiger partial charge in [-0.1, -0.05) is 35.0 Å². The average molecular weight is 414 g/mol. The van der Waals surface area contributed by atoms with E-state index in [9.17, 15) is 9.59 Å². The Morgan fingerprint density at radius 1 is 1.07 bits per heavy atom. The zero-order valence-electron chi connectivity index (χ0n) is 16.2. The van der Waals surface area contributed by atoms with Crippen LogP contribution in [0, 0.1) is 13.8 Å². The van der Waals surface area contributed by atoms with Crippen molar-refractivity contribution in [2.45, 2.75) is 20.4 Å². The number of para-hydroxylation sites is 2. The van der Waals surface area contributed by atoms with Crippen molar-refractivity contribution in [2.75, 3.05) is 17.7 Å². The summed E-state index contributed by atoms with van der Waals surface area (Å²) in [5.41, 5.74) is 2.50. The number of methoxy groups -OCH3 is 1. The first kappa shape index (κ1) is 20.3. The summed E-state index contributed by atoms with van der Waals surface area (Å²) in [5, 5.41) is 13.9. The molecule has 3 rings (SSSR count). The monoisotopic (exact) mass is 413 g/mol. The van der Waals surface area contributed by atoms with Crippen LogP contribution in [0.4, 0.5) is 11.4 Å². The SMILES string of the molecule is COc1ccccc1NC(=O)c1nnn(CC(=O)Nc2cccc(Cl)c2C)c1C. The third-order valence-electron chi connectivity index (χ3n) is 4.39. The van der Waals surface area contributed by atoms with Crippen LogP contribution >= 0.6 is 11.6 Å². The minimum Gasteiger partial charge on any atom is -0.495 e. The fourth-order valence-corrected chi connectivity index (χ4v) is 2.89. The number of nitrogens with one attached hydrogen (secondary N) is 2. The number of nitrogens with zero attached hydrogens (tertiary/aromatic N) is 3. The summed E-state index contributed by atoms with van der Waals surface area (Å²) in [4.78, 5) is 25.0. The molecule has 0 unspecified atom stereocenters. The summed E-state index contributed by atoms with van der Waals surface area (Å²) in [6.07, 6.45) is 0. The summed E-state index contributed by atoms with van der Waals surface area (Å²) in [6, 6.07) is 12.3. The maximum absolute atomic E-state index is 12.6. The minimum absolute atomic E-state index is 0.0906. The van der Waals surface area contributed by atoms with E-state index < -0.39 is 5.91 Å². The van der Waals surface area contributed by atoms with Gasteiger partial charge in [-0.15, -0.1) is 5.10 Å². The summed E-state index contributed by atoms with van der Waals surface area (Å²) in [5.74, 6) is -0.216. The van der Waals surface area contributed by atoms with Gasteiger partial charge in [-0.25, -0.2) is 4.68 Å². The van der Waals surface area contributed by atoms with E-state index in [1.807, 2.05) is 6.92 Å². The average Bonchev–Trinajstić information content (AvgIpc) is 3.06. The van der Waals surface area contributed by atoms with Gasteiger partial charge in [-0.3, -0.25) is 9.59 Å². The van der Waals surface area contributed by atoms with Crippen molar-refractivity contribution in [2.24, 2.45) is 0 Å². The second-order valence-electron chi connectivity index (χ2n) is 6.30. The molecule has 0 aliphatic heterocycles. The van der Waals surface area contributed by atoms with Crippen molar-refractivity contribution in [3.05, 3.63) is 64.4 Å². The predicted molar refractivity (Wildman–Crippen MR) is 111 cm³/mol. The molecule has 3 aromatic rings. The summed E-state index contributed by atoms with van der Waals surface area (Å²) >= 11 is 6.08. The van der Waals surface area contributed by atoms with Gasteiger partial charge in [-0.05, 0) is 43.7 Å². The minimum atomic E-state index is -0.440. The molecule has 2 N–H and O–H groups in total. The van der Waals surface area contributed by atoms with Crippen molar-refractivity contribution < 1.29 is 14.3 Å². The van der Waals surface area contributed by atoms with E-state index in [0.717, 1.165) is 5.56 Å². The van der Waals surface area contributed by atoms with Crippen LogP contribution in [-0.4, -0.2) is 33.9 Å². The van der Waals surface area contributed by atoms with Crippen LogP contribution in [0.5, 0.6) is 5.75 Å². The molecule has 9 heteroatoms. The highest BCUT2D eigenvalue weighted by Crippen LogP contribution is 2.24. The molecular weight excluding hydrogens is 394 g/mol. The molecule has 1 heterocycles. The third-order valence-corrected chi connectivity index (χ3v) is 4.80. The molecule has 29 heavy (non-hydrogen) atoms. The highest BCUT2D eigenvalue weighted by molar-refractivity contribution is 6.31. The second-order valence-corrected chi connectivity index (χ2v) is 6.70. The number of rotatable bonds is 6. The van der Waals surface area contributed by atoms with Gasteiger partial charge in [0, 0.05) is 10.7 Å². The van der Waals surface area contributed by atoms with Gasteiger partial charge in [0.15, 0.2) is 5.69 Å². The lowest BCUT2D eigenvalue weighted by atomic mass is 10.2. The molecule has 0 spiro atoms. The molecule has 0 saturated heterocycles. The van der Waals surface area contributed by atoms with Gasteiger partial charge in [0.1, 0.15) is 12.3 Å². The molecule has 1 aromatic heterocycles. The van der Waals surface area contributed by atoms with E-state index in [1.165, 1.54) is 11.8 Å². The molecule has 8 nitrogen and oxygen atoms in total.